The van der Waals surface area contributed by atoms with Gasteiger partial charge in [0.15, 0.2) is 5.17 Å². The first-order chi connectivity index (χ1) is 11.3. The SMILES string of the molecule is Cc1cc(C=NN=C2NC(=O)C(CC(=O)O)S2)c(O)c([N+](=O)[O-])c1. The molecule has 1 aliphatic rings. The maximum absolute atomic E-state index is 11.5. The summed E-state index contributed by atoms with van der Waals surface area (Å²) in [5.74, 6) is -2.13. The molecule has 10 nitrogen and oxygen atoms in total. The zero-order chi connectivity index (χ0) is 17.9. The molecule has 1 saturated heterocycles. The maximum Gasteiger partial charge on any atom is 0.311 e. The van der Waals surface area contributed by atoms with Crippen molar-refractivity contribution >= 4 is 40.7 Å². The normalized spacial score (nSPS) is 19.0. The number of rotatable bonds is 5. The van der Waals surface area contributed by atoms with Crippen LogP contribution in [0.25, 0.3) is 0 Å². The summed E-state index contributed by atoms with van der Waals surface area (Å²) in [4.78, 5) is 32.3. The molecule has 0 aromatic heterocycles. The molecule has 2 rings (SSSR count). The van der Waals surface area contributed by atoms with Gasteiger partial charge >= 0.3 is 11.7 Å². The third kappa shape index (κ3) is 4.07. The third-order valence-corrected chi connectivity index (χ3v) is 4.01. The Balaban J connectivity index is 2.16. The summed E-state index contributed by atoms with van der Waals surface area (Å²) >= 11 is 0.922. The highest BCUT2D eigenvalue weighted by atomic mass is 32.2. The predicted molar refractivity (Wildman–Crippen MR) is 86.3 cm³/mol. The molecule has 0 spiro atoms. The molecule has 0 radical (unpaired) electrons. The van der Waals surface area contributed by atoms with Crippen molar-refractivity contribution < 1.29 is 24.7 Å². The number of thioether (sulfide) groups is 1. The van der Waals surface area contributed by atoms with E-state index < -0.39 is 33.5 Å². The third-order valence-electron chi connectivity index (χ3n) is 2.94. The topological polar surface area (TPSA) is 154 Å². The molecular weight excluding hydrogens is 340 g/mol. The van der Waals surface area contributed by atoms with Gasteiger partial charge in [0.25, 0.3) is 0 Å². The van der Waals surface area contributed by atoms with E-state index in [0.29, 0.717) is 5.56 Å². The average molecular weight is 352 g/mol. The second-order valence-corrected chi connectivity index (χ2v) is 6.01. The minimum absolute atomic E-state index is 0.0995. The number of aliphatic carboxylic acids is 1. The molecule has 1 aromatic carbocycles. The van der Waals surface area contributed by atoms with Crippen molar-refractivity contribution in [3.8, 4) is 5.75 Å². The number of carboxylic acid groups (broad SMARTS) is 1. The number of carboxylic acids is 1. The number of hydrogen-bond donors (Lipinski definition) is 3. The van der Waals surface area contributed by atoms with Gasteiger partial charge in [0.1, 0.15) is 5.25 Å². The summed E-state index contributed by atoms with van der Waals surface area (Å²) in [6, 6.07) is 2.71. The summed E-state index contributed by atoms with van der Waals surface area (Å²) in [7, 11) is 0. The van der Waals surface area contributed by atoms with Crippen LogP contribution in [-0.2, 0) is 9.59 Å². The zero-order valence-corrected chi connectivity index (χ0v) is 13.1. The first-order valence-electron chi connectivity index (χ1n) is 6.56. The molecular formula is C13H12N4O6S. The van der Waals surface area contributed by atoms with Crippen molar-refractivity contribution in [3.63, 3.8) is 0 Å². The fourth-order valence-corrected chi connectivity index (χ4v) is 2.83. The lowest BCUT2D eigenvalue weighted by atomic mass is 10.1. The molecule has 1 atom stereocenters. The fraction of sp³-hybridized carbons (Fsp3) is 0.231. The molecule has 11 heteroatoms. The van der Waals surface area contributed by atoms with E-state index in [-0.39, 0.29) is 17.2 Å². The van der Waals surface area contributed by atoms with Gasteiger partial charge in [-0.3, -0.25) is 19.7 Å². The number of carbonyl (C=O) groups excluding carboxylic acids is 1. The summed E-state index contributed by atoms with van der Waals surface area (Å²) in [6.07, 6.45) is 0.768. The molecule has 1 amide bonds. The highest BCUT2D eigenvalue weighted by Crippen LogP contribution is 2.30. The van der Waals surface area contributed by atoms with Crippen LogP contribution >= 0.6 is 11.8 Å². The van der Waals surface area contributed by atoms with Crippen molar-refractivity contribution in [1.29, 1.82) is 0 Å². The van der Waals surface area contributed by atoms with Gasteiger partial charge in [0.05, 0.1) is 17.6 Å². The molecule has 1 fully saturated rings. The number of phenols is 1. The number of amides is 1. The second kappa shape index (κ2) is 7.08. The highest BCUT2D eigenvalue weighted by molar-refractivity contribution is 8.15. The number of aryl methyl sites for hydroxylation is 1. The fourth-order valence-electron chi connectivity index (χ4n) is 1.91. The Labute approximate surface area is 139 Å². The number of phenolic OH excluding ortho intramolecular Hbond substituents is 1. The van der Waals surface area contributed by atoms with E-state index in [1.165, 1.54) is 12.1 Å². The van der Waals surface area contributed by atoms with E-state index in [1.807, 2.05) is 0 Å². The van der Waals surface area contributed by atoms with E-state index in [2.05, 4.69) is 15.5 Å². The monoisotopic (exact) mass is 352 g/mol. The van der Waals surface area contributed by atoms with Crippen molar-refractivity contribution in [2.75, 3.05) is 0 Å². The van der Waals surface area contributed by atoms with Crippen LogP contribution in [0, 0.1) is 17.0 Å². The van der Waals surface area contributed by atoms with Crippen LogP contribution in [0.4, 0.5) is 5.69 Å². The van der Waals surface area contributed by atoms with Gasteiger partial charge in [0, 0.05) is 11.6 Å². The zero-order valence-electron chi connectivity index (χ0n) is 12.3. The smallest absolute Gasteiger partial charge is 0.311 e. The number of amidine groups is 1. The molecule has 0 bridgehead atoms. The largest absolute Gasteiger partial charge is 0.502 e. The number of nitrogens with zero attached hydrogens (tertiary/aromatic N) is 3. The molecule has 1 heterocycles. The molecule has 3 N–H and O–H groups in total. The Morgan fingerprint density at radius 3 is 2.88 bits per heavy atom. The van der Waals surface area contributed by atoms with Crippen molar-refractivity contribution in [3.05, 3.63) is 33.4 Å². The Kier molecular flexibility index (Phi) is 5.14. The number of nitrogens with one attached hydrogen (secondary N) is 1. The number of nitro groups is 1. The van der Waals surface area contributed by atoms with Crippen molar-refractivity contribution in [2.24, 2.45) is 10.2 Å². The summed E-state index contributed by atoms with van der Waals surface area (Å²) in [5, 5.41) is 38.5. The Bertz CT molecular complexity index is 776. The van der Waals surface area contributed by atoms with Crippen LogP contribution < -0.4 is 5.32 Å². The number of nitro benzene ring substituents is 1. The van der Waals surface area contributed by atoms with Gasteiger partial charge in [-0.1, -0.05) is 11.8 Å². The lowest BCUT2D eigenvalue weighted by Gasteiger charge is -2.01. The quantitative estimate of drug-likeness (QED) is 0.405. The predicted octanol–water partition coefficient (Wildman–Crippen LogP) is 1.01. The maximum atomic E-state index is 11.5. The molecule has 0 saturated carbocycles. The minimum atomic E-state index is -1.11. The number of hydrogen-bond acceptors (Lipinski definition) is 8. The molecule has 1 unspecified atom stereocenters. The van der Waals surface area contributed by atoms with E-state index >= 15 is 0 Å². The number of aromatic hydroxyl groups is 1. The van der Waals surface area contributed by atoms with Gasteiger partial charge in [-0.2, -0.15) is 5.10 Å². The van der Waals surface area contributed by atoms with Gasteiger partial charge < -0.3 is 15.5 Å². The first kappa shape index (κ1) is 17.4. The summed E-state index contributed by atoms with van der Waals surface area (Å²) < 4.78 is 0. The summed E-state index contributed by atoms with van der Waals surface area (Å²) in [6.45, 7) is 1.62. The van der Waals surface area contributed by atoms with Crippen LogP contribution in [0.3, 0.4) is 0 Å². The van der Waals surface area contributed by atoms with Crippen LogP contribution in [0.2, 0.25) is 0 Å². The molecule has 24 heavy (non-hydrogen) atoms. The van der Waals surface area contributed by atoms with E-state index in [9.17, 15) is 24.8 Å². The molecule has 1 aromatic rings. The van der Waals surface area contributed by atoms with E-state index in [0.717, 1.165) is 18.0 Å². The lowest BCUT2D eigenvalue weighted by Crippen LogP contribution is -2.26. The number of benzene rings is 1. The highest BCUT2D eigenvalue weighted by Gasteiger charge is 2.32. The van der Waals surface area contributed by atoms with Crippen LogP contribution in [0.1, 0.15) is 17.5 Å². The van der Waals surface area contributed by atoms with Crippen LogP contribution in [0.5, 0.6) is 5.75 Å². The van der Waals surface area contributed by atoms with Gasteiger partial charge in [-0.05, 0) is 18.6 Å². The van der Waals surface area contributed by atoms with Gasteiger partial charge in [0.2, 0.25) is 11.7 Å². The van der Waals surface area contributed by atoms with E-state index in [4.69, 9.17) is 5.11 Å². The molecule has 1 aliphatic heterocycles. The average Bonchev–Trinajstić information content (AvgIpc) is 2.81. The standard InChI is InChI=1S/C13H12N4O6S/c1-6-2-7(11(20)8(3-6)17(22)23)5-14-16-13-15-12(21)9(24-13)4-10(18)19/h2-3,5,9,20H,4H2,1H3,(H,18,19)(H,15,16,21). The van der Waals surface area contributed by atoms with Crippen molar-refractivity contribution in [1.82, 2.24) is 5.32 Å². The Morgan fingerprint density at radius 2 is 2.25 bits per heavy atom. The Hall–Kier alpha value is -2.95. The van der Waals surface area contributed by atoms with Crippen molar-refractivity contribution in [2.45, 2.75) is 18.6 Å². The second-order valence-electron chi connectivity index (χ2n) is 4.82. The minimum Gasteiger partial charge on any atom is -0.502 e. The van der Waals surface area contributed by atoms with Gasteiger partial charge in [-0.15, -0.1) is 5.10 Å². The van der Waals surface area contributed by atoms with E-state index in [1.54, 1.807) is 6.92 Å². The molecule has 126 valence electrons. The first-order valence-corrected chi connectivity index (χ1v) is 7.44. The molecule has 0 aliphatic carbocycles. The lowest BCUT2D eigenvalue weighted by molar-refractivity contribution is -0.385. The van der Waals surface area contributed by atoms with Gasteiger partial charge in [-0.25, -0.2) is 0 Å². The van der Waals surface area contributed by atoms with Crippen LogP contribution in [0.15, 0.2) is 22.3 Å². The number of carbonyl (C=O) groups is 2. The Morgan fingerprint density at radius 1 is 1.54 bits per heavy atom. The summed E-state index contributed by atoms with van der Waals surface area (Å²) in [5.41, 5.74) is 0.204. The van der Waals surface area contributed by atoms with Crippen LogP contribution in [-0.4, -0.2) is 43.6 Å².